The highest BCUT2D eigenvalue weighted by Crippen LogP contribution is 2.23. The fourth-order valence-corrected chi connectivity index (χ4v) is 3.64. The largest absolute Gasteiger partial charge is 0.497 e. The van der Waals surface area contributed by atoms with E-state index in [1.807, 2.05) is 22.8 Å². The van der Waals surface area contributed by atoms with E-state index in [0.29, 0.717) is 21.9 Å². The molecule has 24 heavy (non-hydrogen) atoms. The molecule has 3 aromatic rings. The lowest BCUT2D eigenvalue weighted by Crippen LogP contribution is -2.16. The fraction of sp³-hybridized carbons (Fsp3) is 0.111. The first kappa shape index (κ1) is 16.5. The molecule has 0 aliphatic rings. The maximum Gasteiger partial charge on any atom is 0.281 e. The summed E-state index contributed by atoms with van der Waals surface area (Å²) in [6.45, 7) is 4.34. The number of amides is 1. The summed E-state index contributed by atoms with van der Waals surface area (Å²) in [6.07, 6.45) is 1.77. The molecular formula is C18H15ClN2O2S. The van der Waals surface area contributed by atoms with Crippen molar-refractivity contribution < 1.29 is 9.53 Å². The number of halogens is 1. The third-order valence-corrected chi connectivity index (χ3v) is 4.87. The van der Waals surface area contributed by atoms with Gasteiger partial charge in [-0.05, 0) is 30.3 Å². The first-order valence-corrected chi connectivity index (χ1v) is 8.45. The maximum absolute atomic E-state index is 12.5. The summed E-state index contributed by atoms with van der Waals surface area (Å²) < 4.78 is 8.19. The summed E-state index contributed by atoms with van der Waals surface area (Å²) in [5.74, 6) is 0.399. The van der Waals surface area contributed by atoms with Gasteiger partial charge in [0.1, 0.15) is 5.75 Å². The first-order chi connectivity index (χ1) is 11.6. The van der Waals surface area contributed by atoms with Gasteiger partial charge >= 0.3 is 0 Å². The molecule has 6 heteroatoms. The average Bonchev–Trinajstić information content (AvgIpc) is 2.92. The van der Waals surface area contributed by atoms with Gasteiger partial charge in [-0.3, -0.25) is 4.79 Å². The fourth-order valence-electron chi connectivity index (χ4n) is 2.35. The van der Waals surface area contributed by atoms with E-state index in [2.05, 4.69) is 11.6 Å². The lowest BCUT2D eigenvalue weighted by atomic mass is 10.2. The standard InChI is InChI=1S/C18H15ClN2O2S/c1-3-10-21-15-9-8-12(23-2)11-16(15)24-18(21)20-17(22)13-6-4-5-7-14(13)19/h3-9,11H,1,10H2,2H3. The molecule has 0 fully saturated rings. The molecule has 0 N–H and O–H groups in total. The second kappa shape index (κ2) is 7.03. The third-order valence-electron chi connectivity index (χ3n) is 3.50. The van der Waals surface area contributed by atoms with Crippen molar-refractivity contribution in [3.63, 3.8) is 0 Å². The Hall–Kier alpha value is -2.37. The molecule has 0 radical (unpaired) electrons. The van der Waals surface area contributed by atoms with Gasteiger partial charge in [0.15, 0.2) is 4.80 Å². The van der Waals surface area contributed by atoms with Crippen molar-refractivity contribution in [2.24, 2.45) is 4.99 Å². The van der Waals surface area contributed by atoms with Gasteiger partial charge < -0.3 is 9.30 Å². The predicted molar refractivity (Wildman–Crippen MR) is 97.9 cm³/mol. The Kier molecular flexibility index (Phi) is 4.83. The highest BCUT2D eigenvalue weighted by Gasteiger charge is 2.11. The van der Waals surface area contributed by atoms with Crippen LogP contribution in [0.15, 0.2) is 60.1 Å². The Bertz CT molecular complexity index is 988. The van der Waals surface area contributed by atoms with Gasteiger partial charge in [0, 0.05) is 6.54 Å². The molecule has 2 aromatic carbocycles. The minimum atomic E-state index is -0.364. The smallest absolute Gasteiger partial charge is 0.281 e. The molecule has 0 saturated heterocycles. The Balaban J connectivity index is 2.17. The van der Waals surface area contributed by atoms with Crippen molar-refractivity contribution in [2.45, 2.75) is 6.54 Å². The van der Waals surface area contributed by atoms with Gasteiger partial charge in [-0.1, -0.05) is 41.1 Å². The second-order valence-electron chi connectivity index (χ2n) is 5.01. The van der Waals surface area contributed by atoms with Gasteiger partial charge in [-0.2, -0.15) is 4.99 Å². The number of hydrogen-bond acceptors (Lipinski definition) is 3. The highest BCUT2D eigenvalue weighted by molar-refractivity contribution is 7.16. The number of aromatic nitrogens is 1. The highest BCUT2D eigenvalue weighted by atomic mass is 35.5. The topological polar surface area (TPSA) is 43.6 Å². The molecule has 1 aromatic heterocycles. The minimum Gasteiger partial charge on any atom is -0.497 e. The zero-order valence-corrected chi connectivity index (χ0v) is 14.6. The van der Waals surface area contributed by atoms with E-state index < -0.39 is 0 Å². The number of carbonyl (C=O) groups excluding carboxylic acids is 1. The molecule has 0 aliphatic heterocycles. The maximum atomic E-state index is 12.5. The molecule has 0 aliphatic carbocycles. The number of methoxy groups -OCH3 is 1. The normalized spacial score (nSPS) is 11.7. The lowest BCUT2D eigenvalue weighted by Gasteiger charge is -2.02. The van der Waals surface area contributed by atoms with Crippen LogP contribution in [0.5, 0.6) is 5.75 Å². The summed E-state index contributed by atoms with van der Waals surface area (Å²) >= 11 is 7.51. The van der Waals surface area contributed by atoms with E-state index in [9.17, 15) is 4.79 Å². The summed E-state index contributed by atoms with van der Waals surface area (Å²) in [4.78, 5) is 17.4. The summed E-state index contributed by atoms with van der Waals surface area (Å²) in [5, 5.41) is 0.393. The summed E-state index contributed by atoms with van der Waals surface area (Å²) in [5.41, 5.74) is 1.37. The zero-order chi connectivity index (χ0) is 17.1. The van der Waals surface area contributed by atoms with Crippen molar-refractivity contribution in [3.05, 3.63) is 70.5 Å². The van der Waals surface area contributed by atoms with Crippen LogP contribution in [0.1, 0.15) is 10.4 Å². The van der Waals surface area contributed by atoms with E-state index in [4.69, 9.17) is 16.3 Å². The Morgan fingerprint density at radius 3 is 2.88 bits per heavy atom. The SMILES string of the molecule is C=CCn1c(=NC(=O)c2ccccc2Cl)sc2cc(OC)ccc21. The van der Waals surface area contributed by atoms with Gasteiger partial charge in [0.2, 0.25) is 0 Å². The van der Waals surface area contributed by atoms with Crippen LogP contribution in [-0.4, -0.2) is 17.6 Å². The van der Waals surface area contributed by atoms with E-state index in [0.717, 1.165) is 16.0 Å². The Morgan fingerprint density at radius 1 is 1.38 bits per heavy atom. The number of fused-ring (bicyclic) bond motifs is 1. The zero-order valence-electron chi connectivity index (χ0n) is 13.0. The number of ether oxygens (including phenoxy) is 1. The molecule has 0 atom stereocenters. The van der Waals surface area contributed by atoms with Crippen LogP contribution in [-0.2, 0) is 6.54 Å². The Labute approximate surface area is 148 Å². The number of rotatable bonds is 4. The molecule has 0 unspecified atom stereocenters. The van der Waals surface area contributed by atoms with Gasteiger partial charge in [0.05, 0.1) is 27.9 Å². The van der Waals surface area contributed by atoms with Crippen LogP contribution in [0.25, 0.3) is 10.2 Å². The second-order valence-corrected chi connectivity index (χ2v) is 6.43. The van der Waals surface area contributed by atoms with Crippen molar-refractivity contribution in [2.75, 3.05) is 7.11 Å². The van der Waals surface area contributed by atoms with Crippen LogP contribution in [0.3, 0.4) is 0 Å². The lowest BCUT2D eigenvalue weighted by molar-refractivity contribution is 0.0998. The van der Waals surface area contributed by atoms with Crippen LogP contribution >= 0.6 is 22.9 Å². The van der Waals surface area contributed by atoms with Gasteiger partial charge in [0.25, 0.3) is 5.91 Å². The molecule has 1 amide bonds. The number of allylic oxidation sites excluding steroid dienone is 1. The number of hydrogen-bond donors (Lipinski definition) is 0. The molecular weight excluding hydrogens is 344 g/mol. The van der Waals surface area contributed by atoms with E-state index in [-0.39, 0.29) is 5.91 Å². The quantitative estimate of drug-likeness (QED) is 0.653. The molecule has 3 rings (SSSR count). The van der Waals surface area contributed by atoms with E-state index in [1.165, 1.54) is 11.3 Å². The number of thiazole rings is 1. The molecule has 4 nitrogen and oxygen atoms in total. The van der Waals surface area contributed by atoms with Crippen molar-refractivity contribution in [1.82, 2.24) is 4.57 Å². The van der Waals surface area contributed by atoms with Crippen molar-refractivity contribution in [3.8, 4) is 5.75 Å². The van der Waals surface area contributed by atoms with Crippen LogP contribution < -0.4 is 9.54 Å². The van der Waals surface area contributed by atoms with Crippen LogP contribution in [0.4, 0.5) is 0 Å². The van der Waals surface area contributed by atoms with Crippen molar-refractivity contribution >= 4 is 39.1 Å². The summed E-state index contributed by atoms with van der Waals surface area (Å²) in [6, 6.07) is 12.7. The average molecular weight is 359 g/mol. The van der Waals surface area contributed by atoms with Crippen molar-refractivity contribution in [1.29, 1.82) is 0 Å². The molecule has 0 bridgehead atoms. The van der Waals surface area contributed by atoms with E-state index >= 15 is 0 Å². The van der Waals surface area contributed by atoms with Crippen LogP contribution in [0, 0.1) is 0 Å². The molecule has 0 saturated carbocycles. The molecule has 1 heterocycles. The third kappa shape index (κ3) is 3.13. The van der Waals surface area contributed by atoms with E-state index in [1.54, 1.807) is 37.5 Å². The monoisotopic (exact) mass is 358 g/mol. The van der Waals surface area contributed by atoms with Gasteiger partial charge in [-0.15, -0.1) is 6.58 Å². The molecule has 0 spiro atoms. The molecule has 122 valence electrons. The number of carbonyl (C=O) groups is 1. The van der Waals surface area contributed by atoms with Crippen LogP contribution in [0.2, 0.25) is 5.02 Å². The first-order valence-electron chi connectivity index (χ1n) is 7.26. The van der Waals surface area contributed by atoms with Gasteiger partial charge in [-0.25, -0.2) is 0 Å². The number of benzene rings is 2. The number of nitrogens with zero attached hydrogens (tertiary/aromatic N) is 2. The predicted octanol–water partition coefficient (Wildman–Crippen LogP) is 4.29. The Morgan fingerprint density at radius 2 is 2.17 bits per heavy atom. The summed E-state index contributed by atoms with van der Waals surface area (Å²) in [7, 11) is 1.62. The minimum absolute atomic E-state index is 0.364.